The van der Waals surface area contributed by atoms with Crippen LogP contribution < -0.4 is 10.1 Å². The molecule has 3 aromatic carbocycles. The predicted octanol–water partition coefficient (Wildman–Crippen LogP) is 5.31. The molecule has 0 bridgehead atoms. The zero-order valence-corrected chi connectivity index (χ0v) is 20.1. The lowest BCUT2D eigenvalue weighted by Crippen LogP contribution is -2.34. The number of hydrogen-bond acceptors (Lipinski definition) is 4. The number of rotatable bonds is 8. The number of benzene rings is 3. The third-order valence-electron chi connectivity index (χ3n) is 6.38. The van der Waals surface area contributed by atoms with Crippen LogP contribution in [0.1, 0.15) is 34.7 Å². The van der Waals surface area contributed by atoms with E-state index in [9.17, 15) is 9.59 Å². The molecule has 174 valence electrons. The van der Waals surface area contributed by atoms with Crippen molar-refractivity contribution in [2.45, 2.75) is 33.6 Å². The Labute approximate surface area is 201 Å². The third kappa shape index (κ3) is 4.74. The number of nitrogens with one attached hydrogen (secondary N) is 1. The molecule has 1 N–H and O–H groups in total. The lowest BCUT2D eigenvalue weighted by molar-refractivity contribution is -0.136. The second-order valence-electron chi connectivity index (χ2n) is 8.58. The Morgan fingerprint density at radius 3 is 2.12 bits per heavy atom. The summed E-state index contributed by atoms with van der Waals surface area (Å²) in [4.78, 5) is 28.3. The number of aryl methyl sites for hydroxylation is 3. The van der Waals surface area contributed by atoms with Gasteiger partial charge in [0, 0.05) is 12.2 Å². The molecule has 2 amide bonds. The smallest absolute Gasteiger partial charge is 0.278 e. The van der Waals surface area contributed by atoms with Crippen molar-refractivity contribution in [1.82, 2.24) is 4.90 Å². The summed E-state index contributed by atoms with van der Waals surface area (Å²) < 4.78 is 5.21. The molecule has 0 spiro atoms. The van der Waals surface area contributed by atoms with E-state index < -0.39 is 0 Å². The maximum Gasteiger partial charge on any atom is 0.278 e. The first-order chi connectivity index (χ1) is 16.4. The van der Waals surface area contributed by atoms with Gasteiger partial charge in [-0.25, -0.2) is 0 Å². The van der Waals surface area contributed by atoms with Gasteiger partial charge in [0.05, 0.1) is 12.7 Å². The van der Waals surface area contributed by atoms with E-state index in [1.54, 1.807) is 7.11 Å². The SMILES string of the molecule is CCc1ccc(NC2=C(c3ccc(C)c(C)c3)C(=O)N(CCc3ccc(OC)cc3)C2=O)cc1. The fourth-order valence-electron chi connectivity index (χ4n) is 4.06. The molecule has 0 saturated carbocycles. The first-order valence-electron chi connectivity index (χ1n) is 11.6. The Balaban J connectivity index is 1.64. The Morgan fingerprint density at radius 1 is 0.824 bits per heavy atom. The highest BCUT2D eigenvalue weighted by atomic mass is 16.5. The molecule has 1 heterocycles. The average molecular weight is 455 g/mol. The molecule has 1 aliphatic rings. The number of hydrogen-bond donors (Lipinski definition) is 1. The quantitative estimate of drug-likeness (QED) is 0.469. The van der Waals surface area contributed by atoms with Crippen molar-refractivity contribution < 1.29 is 14.3 Å². The fourth-order valence-corrected chi connectivity index (χ4v) is 4.06. The molecule has 1 aliphatic heterocycles. The van der Waals surface area contributed by atoms with Gasteiger partial charge in [-0.05, 0) is 78.8 Å². The first kappa shape index (κ1) is 23.3. The van der Waals surface area contributed by atoms with Crippen LogP contribution in [0.2, 0.25) is 0 Å². The van der Waals surface area contributed by atoms with E-state index in [2.05, 4.69) is 12.2 Å². The summed E-state index contributed by atoms with van der Waals surface area (Å²) >= 11 is 0. The summed E-state index contributed by atoms with van der Waals surface area (Å²) in [5, 5.41) is 3.25. The van der Waals surface area contributed by atoms with Gasteiger partial charge in [-0.15, -0.1) is 0 Å². The molecule has 0 saturated heterocycles. The van der Waals surface area contributed by atoms with Crippen molar-refractivity contribution in [1.29, 1.82) is 0 Å². The van der Waals surface area contributed by atoms with E-state index >= 15 is 0 Å². The molecule has 4 rings (SSSR count). The van der Waals surface area contributed by atoms with Gasteiger partial charge in [0.25, 0.3) is 11.8 Å². The Morgan fingerprint density at radius 2 is 1.50 bits per heavy atom. The largest absolute Gasteiger partial charge is 0.497 e. The normalized spacial score (nSPS) is 13.6. The highest BCUT2D eigenvalue weighted by Gasteiger charge is 2.39. The Hall–Kier alpha value is -3.86. The van der Waals surface area contributed by atoms with E-state index in [0.717, 1.165) is 40.1 Å². The highest BCUT2D eigenvalue weighted by molar-refractivity contribution is 6.36. The number of carbonyl (C=O) groups excluding carboxylic acids is 2. The van der Waals surface area contributed by atoms with Gasteiger partial charge in [0.2, 0.25) is 0 Å². The number of methoxy groups -OCH3 is 1. The lowest BCUT2D eigenvalue weighted by atomic mass is 9.99. The van der Waals surface area contributed by atoms with E-state index in [1.165, 1.54) is 10.5 Å². The number of amides is 2. The van der Waals surface area contributed by atoms with Crippen molar-refractivity contribution >= 4 is 23.1 Å². The minimum absolute atomic E-state index is 0.269. The second kappa shape index (κ2) is 9.96. The van der Waals surface area contributed by atoms with E-state index in [4.69, 9.17) is 4.74 Å². The molecule has 0 atom stereocenters. The van der Waals surface area contributed by atoms with Gasteiger partial charge in [-0.3, -0.25) is 14.5 Å². The molecule has 0 radical (unpaired) electrons. The summed E-state index contributed by atoms with van der Waals surface area (Å²) in [5.74, 6) is 0.206. The molecule has 3 aromatic rings. The number of carbonyl (C=O) groups is 2. The van der Waals surface area contributed by atoms with Crippen LogP contribution in [-0.2, 0) is 22.4 Å². The minimum Gasteiger partial charge on any atom is -0.497 e. The van der Waals surface area contributed by atoms with Gasteiger partial charge in [0.15, 0.2) is 0 Å². The molecule has 0 aromatic heterocycles. The van der Waals surface area contributed by atoms with Gasteiger partial charge >= 0.3 is 0 Å². The fraction of sp³-hybridized carbons (Fsp3) is 0.241. The van der Waals surface area contributed by atoms with Crippen LogP contribution in [0.4, 0.5) is 5.69 Å². The maximum absolute atomic E-state index is 13.5. The maximum atomic E-state index is 13.5. The van der Waals surface area contributed by atoms with Crippen LogP contribution in [0.15, 0.2) is 72.4 Å². The van der Waals surface area contributed by atoms with Crippen LogP contribution in [0.5, 0.6) is 5.75 Å². The molecular formula is C29H30N2O3. The van der Waals surface area contributed by atoms with Gasteiger partial charge in [0.1, 0.15) is 11.4 Å². The molecule has 0 fully saturated rings. The second-order valence-corrected chi connectivity index (χ2v) is 8.58. The number of anilines is 1. The molecule has 5 heteroatoms. The van der Waals surface area contributed by atoms with Crippen LogP contribution >= 0.6 is 0 Å². The van der Waals surface area contributed by atoms with Gasteiger partial charge in [-0.2, -0.15) is 0 Å². The zero-order valence-electron chi connectivity index (χ0n) is 20.1. The molecule has 0 aliphatic carbocycles. The first-order valence-corrected chi connectivity index (χ1v) is 11.6. The predicted molar refractivity (Wildman–Crippen MR) is 136 cm³/mol. The monoisotopic (exact) mass is 454 g/mol. The highest BCUT2D eigenvalue weighted by Crippen LogP contribution is 2.32. The van der Waals surface area contributed by atoms with Gasteiger partial charge < -0.3 is 10.1 Å². The van der Waals surface area contributed by atoms with Crippen LogP contribution in [0.25, 0.3) is 5.57 Å². The van der Waals surface area contributed by atoms with Crippen molar-refractivity contribution in [3.63, 3.8) is 0 Å². The molecule has 34 heavy (non-hydrogen) atoms. The summed E-state index contributed by atoms with van der Waals surface area (Å²) in [6.45, 7) is 6.45. The van der Waals surface area contributed by atoms with Crippen LogP contribution in [0.3, 0.4) is 0 Å². The minimum atomic E-state index is -0.300. The lowest BCUT2D eigenvalue weighted by Gasteiger charge is -2.15. The molecule has 5 nitrogen and oxygen atoms in total. The Bertz CT molecular complexity index is 1240. The summed E-state index contributed by atoms with van der Waals surface area (Å²) in [7, 11) is 1.63. The molecular weight excluding hydrogens is 424 g/mol. The average Bonchev–Trinajstić information content (AvgIpc) is 3.09. The van der Waals surface area contributed by atoms with E-state index in [0.29, 0.717) is 24.2 Å². The number of ether oxygens (including phenoxy) is 1. The molecule has 0 unspecified atom stereocenters. The summed E-state index contributed by atoms with van der Waals surface area (Å²) in [6, 6.07) is 21.5. The number of nitrogens with zero attached hydrogens (tertiary/aromatic N) is 1. The number of imide groups is 1. The van der Waals surface area contributed by atoms with Crippen molar-refractivity contribution in [3.8, 4) is 5.75 Å². The van der Waals surface area contributed by atoms with Gasteiger partial charge in [-0.1, -0.05) is 49.4 Å². The van der Waals surface area contributed by atoms with Crippen LogP contribution in [0, 0.1) is 13.8 Å². The summed E-state index contributed by atoms with van der Waals surface area (Å²) in [5.41, 5.74) is 6.74. The van der Waals surface area contributed by atoms with Crippen molar-refractivity contribution in [2.75, 3.05) is 19.0 Å². The van der Waals surface area contributed by atoms with Crippen molar-refractivity contribution in [3.05, 3.63) is 100 Å². The van der Waals surface area contributed by atoms with Crippen molar-refractivity contribution in [2.24, 2.45) is 0 Å². The zero-order chi connectivity index (χ0) is 24.2. The topological polar surface area (TPSA) is 58.6 Å². The van der Waals surface area contributed by atoms with E-state index in [-0.39, 0.29) is 11.8 Å². The third-order valence-corrected chi connectivity index (χ3v) is 6.38. The Kier molecular flexibility index (Phi) is 6.82. The van der Waals surface area contributed by atoms with E-state index in [1.807, 2.05) is 80.6 Å². The van der Waals surface area contributed by atoms with Crippen LogP contribution in [-0.4, -0.2) is 30.4 Å². The summed E-state index contributed by atoms with van der Waals surface area (Å²) in [6.07, 6.45) is 1.51. The standard InChI is InChI=1S/C29H30N2O3/c1-5-21-7-12-24(13-8-21)30-27-26(23-11-6-19(2)20(3)18-23)28(32)31(29(27)33)17-16-22-9-14-25(34-4)15-10-22/h6-15,18,30H,5,16-17H2,1-4H3.